The molecular formula is C29H31N3O3S2. The molecule has 1 amide bonds. The molecule has 3 aromatic carbocycles. The lowest BCUT2D eigenvalue weighted by Crippen LogP contribution is -2.44. The first-order valence-electron chi connectivity index (χ1n) is 12.5. The monoisotopic (exact) mass is 533 g/mol. The fourth-order valence-corrected chi connectivity index (χ4v) is 7.38. The summed E-state index contributed by atoms with van der Waals surface area (Å²) in [5.41, 5.74) is 5.21. The quantitative estimate of drug-likeness (QED) is 0.311. The van der Waals surface area contributed by atoms with Gasteiger partial charge in [-0.1, -0.05) is 71.5 Å². The highest BCUT2D eigenvalue weighted by Crippen LogP contribution is 2.35. The van der Waals surface area contributed by atoms with Gasteiger partial charge in [0, 0.05) is 19.0 Å². The van der Waals surface area contributed by atoms with Crippen LogP contribution in [0, 0.1) is 26.7 Å². The van der Waals surface area contributed by atoms with Crippen LogP contribution in [0.3, 0.4) is 0 Å². The van der Waals surface area contributed by atoms with E-state index in [0.717, 1.165) is 32.5 Å². The van der Waals surface area contributed by atoms with Crippen LogP contribution in [0.15, 0.2) is 71.6 Å². The molecule has 1 fully saturated rings. The third kappa shape index (κ3) is 5.19. The number of fused-ring (bicyclic) bond motifs is 1. The zero-order valence-corrected chi connectivity index (χ0v) is 23.0. The SMILES string of the molecule is Cc1ccc(S(=O)(=O)N2CCC(C(=O)N(Cc3ccccc3)c3nc4c(C)ccc(C)c4s3)CC2)cc1. The highest BCUT2D eigenvalue weighted by Gasteiger charge is 2.35. The topological polar surface area (TPSA) is 70.6 Å². The molecule has 8 heteroatoms. The number of amides is 1. The Morgan fingerprint density at radius 2 is 1.59 bits per heavy atom. The van der Waals surface area contributed by atoms with Gasteiger partial charge in [0.25, 0.3) is 0 Å². The lowest BCUT2D eigenvalue weighted by Gasteiger charge is -2.33. The molecule has 0 spiro atoms. The summed E-state index contributed by atoms with van der Waals surface area (Å²) in [4.78, 5) is 20.9. The summed E-state index contributed by atoms with van der Waals surface area (Å²) < 4.78 is 28.9. The number of piperidine rings is 1. The Labute approximate surface area is 222 Å². The normalized spacial score (nSPS) is 15.2. The summed E-state index contributed by atoms with van der Waals surface area (Å²) >= 11 is 1.55. The maximum absolute atomic E-state index is 13.9. The van der Waals surface area contributed by atoms with Crippen LogP contribution in [-0.4, -0.2) is 36.7 Å². The predicted octanol–water partition coefficient (Wildman–Crippen LogP) is 5.86. The van der Waals surface area contributed by atoms with Gasteiger partial charge in [-0.05, 0) is 62.4 Å². The van der Waals surface area contributed by atoms with Crippen LogP contribution in [0.25, 0.3) is 10.2 Å². The second kappa shape index (κ2) is 10.4. The molecule has 2 heterocycles. The maximum Gasteiger partial charge on any atom is 0.243 e. The Morgan fingerprint density at radius 1 is 0.946 bits per heavy atom. The van der Waals surface area contributed by atoms with Gasteiger partial charge in [-0.15, -0.1) is 0 Å². The van der Waals surface area contributed by atoms with Gasteiger partial charge in [0.2, 0.25) is 15.9 Å². The molecule has 37 heavy (non-hydrogen) atoms. The first-order chi connectivity index (χ1) is 17.7. The van der Waals surface area contributed by atoms with Crippen molar-refractivity contribution >= 4 is 42.6 Å². The molecule has 5 rings (SSSR count). The van der Waals surface area contributed by atoms with E-state index in [9.17, 15) is 13.2 Å². The number of hydrogen-bond acceptors (Lipinski definition) is 5. The van der Waals surface area contributed by atoms with E-state index in [0.29, 0.717) is 42.5 Å². The summed E-state index contributed by atoms with van der Waals surface area (Å²) in [6.45, 7) is 7.12. The van der Waals surface area contributed by atoms with E-state index < -0.39 is 10.0 Å². The Morgan fingerprint density at radius 3 is 2.24 bits per heavy atom. The van der Waals surface area contributed by atoms with Crippen molar-refractivity contribution in [3.8, 4) is 0 Å². The van der Waals surface area contributed by atoms with Crippen LogP contribution in [0.2, 0.25) is 0 Å². The van der Waals surface area contributed by atoms with Crippen molar-refractivity contribution in [1.29, 1.82) is 0 Å². The molecule has 0 N–H and O–H groups in total. The van der Waals surface area contributed by atoms with E-state index in [2.05, 4.69) is 19.1 Å². The Kier molecular flexibility index (Phi) is 7.16. The fraction of sp³-hybridized carbons (Fsp3) is 0.310. The number of thiazole rings is 1. The number of anilines is 1. The first kappa shape index (κ1) is 25.6. The van der Waals surface area contributed by atoms with E-state index in [1.807, 2.05) is 56.3 Å². The van der Waals surface area contributed by atoms with E-state index >= 15 is 0 Å². The maximum atomic E-state index is 13.9. The van der Waals surface area contributed by atoms with Gasteiger partial charge >= 0.3 is 0 Å². The van der Waals surface area contributed by atoms with Crippen LogP contribution in [0.4, 0.5) is 5.13 Å². The van der Waals surface area contributed by atoms with Crippen molar-refractivity contribution in [3.63, 3.8) is 0 Å². The molecular weight excluding hydrogens is 502 g/mol. The van der Waals surface area contributed by atoms with E-state index in [-0.39, 0.29) is 11.8 Å². The molecule has 1 aliphatic heterocycles. The van der Waals surface area contributed by atoms with Gasteiger partial charge in [-0.2, -0.15) is 4.31 Å². The highest BCUT2D eigenvalue weighted by molar-refractivity contribution is 7.89. The number of carbonyl (C=O) groups excluding carboxylic acids is 1. The van der Waals surface area contributed by atoms with Gasteiger partial charge < -0.3 is 0 Å². The van der Waals surface area contributed by atoms with Crippen LogP contribution >= 0.6 is 11.3 Å². The Bertz CT molecular complexity index is 1480. The second-order valence-corrected chi connectivity index (χ2v) is 12.7. The molecule has 0 saturated carbocycles. The van der Waals surface area contributed by atoms with E-state index in [1.54, 1.807) is 28.4 Å². The van der Waals surface area contributed by atoms with Crippen LogP contribution < -0.4 is 4.90 Å². The zero-order valence-electron chi connectivity index (χ0n) is 21.3. The number of nitrogens with zero attached hydrogens (tertiary/aromatic N) is 3. The smallest absolute Gasteiger partial charge is 0.243 e. The number of hydrogen-bond donors (Lipinski definition) is 0. The van der Waals surface area contributed by atoms with Gasteiger partial charge in [-0.3, -0.25) is 9.69 Å². The Hall–Kier alpha value is -3.07. The molecule has 0 radical (unpaired) electrons. The lowest BCUT2D eigenvalue weighted by molar-refractivity contribution is -0.123. The van der Waals surface area contributed by atoms with Crippen LogP contribution in [0.1, 0.15) is 35.1 Å². The first-order valence-corrected chi connectivity index (χ1v) is 14.8. The number of carbonyl (C=O) groups is 1. The number of aromatic nitrogens is 1. The summed E-state index contributed by atoms with van der Waals surface area (Å²) in [6.07, 6.45) is 0.969. The largest absolute Gasteiger partial charge is 0.283 e. The highest BCUT2D eigenvalue weighted by atomic mass is 32.2. The molecule has 0 bridgehead atoms. The Balaban J connectivity index is 1.39. The fourth-order valence-electron chi connectivity index (χ4n) is 4.79. The minimum absolute atomic E-state index is 0.00518. The number of aryl methyl sites for hydroxylation is 3. The summed E-state index contributed by atoms with van der Waals surface area (Å²) in [5, 5.41) is 0.691. The molecule has 1 aromatic heterocycles. The standard InChI is InChI=1S/C29H31N3O3S2/c1-20-9-13-25(14-10-20)37(34,35)31-17-15-24(16-18-31)28(33)32(19-23-7-5-4-6-8-23)29-30-26-21(2)11-12-22(3)27(26)36-29/h4-14,24H,15-19H2,1-3H3. The molecule has 0 unspecified atom stereocenters. The summed E-state index contributed by atoms with van der Waals surface area (Å²) in [5.74, 6) is -0.256. The summed E-state index contributed by atoms with van der Waals surface area (Å²) in [7, 11) is -3.58. The number of sulfonamides is 1. The third-order valence-electron chi connectivity index (χ3n) is 7.07. The van der Waals surface area contributed by atoms with Gasteiger partial charge in [0.1, 0.15) is 0 Å². The average molecular weight is 534 g/mol. The minimum Gasteiger partial charge on any atom is -0.283 e. The number of benzene rings is 3. The van der Waals surface area contributed by atoms with Crippen molar-refractivity contribution in [2.75, 3.05) is 18.0 Å². The average Bonchev–Trinajstić information content (AvgIpc) is 3.37. The van der Waals surface area contributed by atoms with Crippen molar-refractivity contribution in [3.05, 3.63) is 89.0 Å². The van der Waals surface area contributed by atoms with Crippen LogP contribution in [0.5, 0.6) is 0 Å². The van der Waals surface area contributed by atoms with Crippen molar-refractivity contribution in [2.45, 2.75) is 45.1 Å². The molecule has 1 saturated heterocycles. The molecule has 1 aliphatic rings. The molecule has 4 aromatic rings. The van der Waals surface area contributed by atoms with Crippen molar-refractivity contribution in [2.24, 2.45) is 5.92 Å². The lowest BCUT2D eigenvalue weighted by atomic mass is 9.96. The van der Waals surface area contributed by atoms with Gasteiger partial charge in [0.05, 0.1) is 21.7 Å². The number of rotatable bonds is 6. The van der Waals surface area contributed by atoms with Gasteiger partial charge in [0.15, 0.2) is 5.13 Å². The molecule has 0 aliphatic carbocycles. The minimum atomic E-state index is -3.58. The molecule has 0 atom stereocenters. The predicted molar refractivity (Wildman–Crippen MR) is 149 cm³/mol. The molecule has 192 valence electrons. The zero-order chi connectivity index (χ0) is 26.2. The van der Waals surface area contributed by atoms with Crippen molar-refractivity contribution in [1.82, 2.24) is 9.29 Å². The second-order valence-electron chi connectivity index (χ2n) is 9.77. The van der Waals surface area contributed by atoms with Crippen molar-refractivity contribution < 1.29 is 13.2 Å². The van der Waals surface area contributed by atoms with E-state index in [4.69, 9.17) is 4.98 Å². The summed E-state index contributed by atoms with van der Waals surface area (Å²) in [6, 6.07) is 21.0. The third-order valence-corrected chi connectivity index (χ3v) is 10.2. The van der Waals surface area contributed by atoms with Gasteiger partial charge in [-0.25, -0.2) is 13.4 Å². The van der Waals surface area contributed by atoms with Crippen LogP contribution in [-0.2, 0) is 21.4 Å². The molecule has 6 nitrogen and oxygen atoms in total. The van der Waals surface area contributed by atoms with E-state index in [1.165, 1.54) is 4.31 Å².